The van der Waals surface area contributed by atoms with Gasteiger partial charge in [0.05, 0.1) is 5.92 Å². The molecule has 0 bridgehead atoms. The Kier molecular flexibility index (Phi) is 4.74. The van der Waals surface area contributed by atoms with Gasteiger partial charge in [0.25, 0.3) is 5.56 Å². The number of benzene rings is 2. The summed E-state index contributed by atoms with van der Waals surface area (Å²) in [5.74, 6) is 0.313. The Labute approximate surface area is 179 Å². The van der Waals surface area contributed by atoms with Gasteiger partial charge < -0.3 is 5.32 Å². The lowest BCUT2D eigenvalue weighted by molar-refractivity contribution is -0.119. The highest BCUT2D eigenvalue weighted by Gasteiger charge is 2.28. The number of hydrogen-bond acceptors (Lipinski definition) is 4. The van der Waals surface area contributed by atoms with Gasteiger partial charge in [-0.05, 0) is 54.2 Å². The minimum absolute atomic E-state index is 0.0136. The molecule has 0 fully saturated rings. The second-order valence-corrected chi connectivity index (χ2v) is 8.92. The Hall–Kier alpha value is -2.86. The Morgan fingerprint density at radius 1 is 1.20 bits per heavy atom. The van der Waals surface area contributed by atoms with Gasteiger partial charge in [-0.3, -0.25) is 14.2 Å². The zero-order valence-electron chi connectivity index (χ0n) is 17.1. The molecule has 2 aliphatic rings. The summed E-state index contributed by atoms with van der Waals surface area (Å²) in [5.41, 5.74) is 7.41. The molecule has 1 N–H and O–H groups in total. The summed E-state index contributed by atoms with van der Waals surface area (Å²) >= 11 is 1.49. The van der Waals surface area contributed by atoms with Crippen LogP contribution in [0.15, 0.2) is 52.4 Å². The van der Waals surface area contributed by atoms with Crippen LogP contribution >= 0.6 is 11.8 Å². The van der Waals surface area contributed by atoms with E-state index >= 15 is 0 Å². The number of thioether (sulfide) groups is 1. The number of amides is 1. The van der Waals surface area contributed by atoms with E-state index in [1.165, 1.54) is 34.0 Å². The number of hydrogen-bond donors (Lipinski definition) is 1. The van der Waals surface area contributed by atoms with Crippen molar-refractivity contribution in [3.8, 4) is 11.1 Å². The minimum Gasteiger partial charge on any atom is -0.326 e. The highest BCUT2D eigenvalue weighted by atomic mass is 32.2. The molecule has 0 saturated heterocycles. The highest BCUT2D eigenvalue weighted by Crippen LogP contribution is 2.37. The summed E-state index contributed by atoms with van der Waals surface area (Å²) in [4.78, 5) is 30.4. The average molecular weight is 418 g/mol. The molecule has 30 heavy (non-hydrogen) atoms. The molecule has 2 aromatic carbocycles. The Morgan fingerprint density at radius 3 is 2.83 bits per heavy atom. The van der Waals surface area contributed by atoms with Crippen LogP contribution in [0.25, 0.3) is 11.1 Å². The molecule has 1 unspecified atom stereocenters. The van der Waals surface area contributed by atoms with Crippen LogP contribution < -0.4 is 10.9 Å². The molecule has 1 aliphatic heterocycles. The van der Waals surface area contributed by atoms with Crippen LogP contribution in [0.4, 0.5) is 5.69 Å². The Balaban J connectivity index is 1.35. The number of aryl methyl sites for hydroxylation is 1. The third-order valence-corrected chi connectivity index (χ3v) is 7.18. The second-order valence-electron chi connectivity index (χ2n) is 7.93. The monoisotopic (exact) mass is 417 g/mol. The highest BCUT2D eigenvalue weighted by molar-refractivity contribution is 7.99. The first-order valence-electron chi connectivity index (χ1n) is 10.3. The molecular weight excluding hydrogens is 394 g/mol. The molecule has 0 spiro atoms. The summed E-state index contributed by atoms with van der Waals surface area (Å²) in [6, 6.07) is 14.6. The van der Waals surface area contributed by atoms with Crippen molar-refractivity contribution in [3.63, 3.8) is 0 Å². The van der Waals surface area contributed by atoms with Crippen molar-refractivity contribution >= 4 is 23.4 Å². The van der Waals surface area contributed by atoms with Crippen molar-refractivity contribution in [3.05, 3.63) is 75.2 Å². The Bertz CT molecular complexity index is 1230. The van der Waals surface area contributed by atoms with Crippen molar-refractivity contribution < 1.29 is 4.79 Å². The average Bonchev–Trinajstić information content (AvgIpc) is 3.11. The molecule has 1 aliphatic carbocycles. The van der Waals surface area contributed by atoms with Gasteiger partial charge in [0.1, 0.15) is 0 Å². The number of fused-ring (bicyclic) bond motifs is 4. The lowest BCUT2D eigenvalue weighted by Gasteiger charge is -2.25. The molecule has 6 heteroatoms. The van der Waals surface area contributed by atoms with Crippen LogP contribution in [0, 0.1) is 12.8 Å². The van der Waals surface area contributed by atoms with E-state index in [1.807, 2.05) is 19.9 Å². The third kappa shape index (κ3) is 3.16. The standard InChI is InChI=1S/C24H23N3O2S/c1-3-19-14(2)25-24-27(23(19)29)12-17(13-30-24)22(28)26-18-8-9-21-16(11-18)10-15-6-4-5-7-20(15)21/h4-9,11,17H,3,10,12-13H2,1-2H3,(H,26,28). The lowest BCUT2D eigenvalue weighted by Crippen LogP contribution is -2.38. The van der Waals surface area contributed by atoms with E-state index in [1.54, 1.807) is 4.57 Å². The zero-order valence-corrected chi connectivity index (χ0v) is 17.9. The maximum Gasteiger partial charge on any atom is 0.257 e. The molecule has 5 nitrogen and oxygen atoms in total. The predicted molar refractivity (Wildman–Crippen MR) is 120 cm³/mol. The van der Waals surface area contributed by atoms with Crippen molar-refractivity contribution in [1.82, 2.24) is 9.55 Å². The molecule has 0 saturated carbocycles. The second kappa shape index (κ2) is 7.43. The minimum atomic E-state index is -0.264. The maximum atomic E-state index is 13.0. The van der Waals surface area contributed by atoms with Gasteiger partial charge >= 0.3 is 0 Å². The Morgan fingerprint density at radius 2 is 2.00 bits per heavy atom. The van der Waals surface area contributed by atoms with E-state index in [0.717, 1.165) is 23.4 Å². The van der Waals surface area contributed by atoms with Crippen LogP contribution in [0.5, 0.6) is 0 Å². The van der Waals surface area contributed by atoms with Crippen LogP contribution in [-0.2, 0) is 24.2 Å². The molecule has 1 aromatic heterocycles. The van der Waals surface area contributed by atoms with Crippen molar-refractivity contribution in [2.45, 2.75) is 38.4 Å². The van der Waals surface area contributed by atoms with Gasteiger partial charge in [0.2, 0.25) is 5.91 Å². The van der Waals surface area contributed by atoms with Gasteiger partial charge in [-0.15, -0.1) is 0 Å². The van der Waals surface area contributed by atoms with Gasteiger partial charge in [-0.2, -0.15) is 0 Å². The molecule has 1 amide bonds. The first kappa shape index (κ1) is 19.1. The number of nitrogens with one attached hydrogen (secondary N) is 1. The first-order valence-corrected chi connectivity index (χ1v) is 11.3. The molecular formula is C24H23N3O2S. The van der Waals surface area contributed by atoms with Crippen molar-refractivity contribution in [2.75, 3.05) is 11.1 Å². The molecule has 152 valence electrons. The summed E-state index contributed by atoms with van der Waals surface area (Å²) < 4.78 is 1.67. The zero-order chi connectivity index (χ0) is 20.8. The number of carbonyl (C=O) groups is 1. The summed E-state index contributed by atoms with van der Waals surface area (Å²) in [5, 5.41) is 3.79. The molecule has 3 aromatic rings. The lowest BCUT2D eigenvalue weighted by atomic mass is 10.1. The van der Waals surface area contributed by atoms with Gasteiger partial charge in [0.15, 0.2) is 5.16 Å². The van der Waals surface area contributed by atoms with E-state index in [-0.39, 0.29) is 17.4 Å². The van der Waals surface area contributed by atoms with E-state index in [4.69, 9.17) is 0 Å². The number of anilines is 1. The van der Waals surface area contributed by atoms with Gasteiger partial charge in [-0.1, -0.05) is 49.0 Å². The fraction of sp³-hybridized carbons (Fsp3) is 0.292. The summed E-state index contributed by atoms with van der Waals surface area (Å²) in [7, 11) is 0. The smallest absolute Gasteiger partial charge is 0.257 e. The summed E-state index contributed by atoms with van der Waals surface area (Å²) in [6.07, 6.45) is 1.54. The third-order valence-electron chi connectivity index (χ3n) is 6.04. The predicted octanol–water partition coefficient (Wildman–Crippen LogP) is 4.05. The van der Waals surface area contributed by atoms with E-state index in [2.05, 4.69) is 46.7 Å². The van der Waals surface area contributed by atoms with Crippen LogP contribution in [-0.4, -0.2) is 21.2 Å². The molecule has 5 rings (SSSR count). The van der Waals surface area contributed by atoms with Crippen LogP contribution in [0.2, 0.25) is 0 Å². The van der Waals surface area contributed by atoms with Crippen LogP contribution in [0.3, 0.4) is 0 Å². The van der Waals surface area contributed by atoms with Crippen LogP contribution in [0.1, 0.15) is 29.3 Å². The molecule has 2 heterocycles. The topological polar surface area (TPSA) is 64.0 Å². The van der Waals surface area contributed by atoms with Gasteiger partial charge in [0, 0.05) is 29.2 Å². The van der Waals surface area contributed by atoms with E-state index in [9.17, 15) is 9.59 Å². The number of carbonyl (C=O) groups excluding carboxylic acids is 1. The van der Waals surface area contributed by atoms with Crippen molar-refractivity contribution in [1.29, 1.82) is 0 Å². The van der Waals surface area contributed by atoms with E-state index < -0.39 is 0 Å². The van der Waals surface area contributed by atoms with E-state index in [0.29, 0.717) is 23.9 Å². The fourth-order valence-electron chi connectivity index (χ4n) is 4.43. The van der Waals surface area contributed by atoms with Gasteiger partial charge in [-0.25, -0.2) is 4.98 Å². The normalized spacial score (nSPS) is 16.5. The van der Waals surface area contributed by atoms with Crippen molar-refractivity contribution in [2.24, 2.45) is 5.92 Å². The number of nitrogens with zero attached hydrogens (tertiary/aromatic N) is 2. The molecule has 1 atom stereocenters. The summed E-state index contributed by atoms with van der Waals surface area (Å²) in [6.45, 7) is 4.22. The number of aromatic nitrogens is 2. The first-order chi connectivity index (χ1) is 14.5. The maximum absolute atomic E-state index is 13.0. The fourth-order valence-corrected chi connectivity index (χ4v) is 5.55. The SMILES string of the molecule is CCc1c(C)nc2n(c1=O)CC(C(=O)Nc1ccc3c(c1)Cc1ccccc1-3)CS2. The largest absolute Gasteiger partial charge is 0.326 e. The number of rotatable bonds is 3. The molecule has 0 radical (unpaired) electrons. The quantitative estimate of drug-likeness (QED) is 0.511.